The molecule has 0 saturated heterocycles. The number of ketones is 1. The van der Waals surface area contributed by atoms with Crippen LogP contribution in [0.15, 0.2) is 53.7 Å². The SMILES string of the molecule is COc1ccc(C2CC(=O)NC3=C2C(=O)CC(c2ccc(C(C)(C)C)cc2)C3)cc1OC. The van der Waals surface area contributed by atoms with Crippen LogP contribution in [-0.4, -0.2) is 25.9 Å². The number of allylic oxidation sites excluding steroid dienone is 2. The van der Waals surface area contributed by atoms with Gasteiger partial charge in [-0.3, -0.25) is 9.59 Å². The van der Waals surface area contributed by atoms with Crippen molar-refractivity contribution in [3.05, 3.63) is 70.4 Å². The minimum absolute atomic E-state index is 0.0555. The topological polar surface area (TPSA) is 64.6 Å². The Morgan fingerprint density at radius 2 is 1.50 bits per heavy atom. The quantitative estimate of drug-likeness (QED) is 0.737. The first-order valence-corrected chi connectivity index (χ1v) is 11.1. The first-order valence-electron chi connectivity index (χ1n) is 11.1. The van der Waals surface area contributed by atoms with Gasteiger partial charge in [-0.05, 0) is 46.6 Å². The number of hydrogen-bond donors (Lipinski definition) is 1. The molecule has 0 aromatic heterocycles. The second-order valence-electron chi connectivity index (χ2n) is 9.71. The Morgan fingerprint density at radius 3 is 2.12 bits per heavy atom. The van der Waals surface area contributed by atoms with Gasteiger partial charge in [0.25, 0.3) is 0 Å². The van der Waals surface area contributed by atoms with E-state index >= 15 is 0 Å². The van der Waals surface area contributed by atoms with Gasteiger partial charge in [0, 0.05) is 30.0 Å². The lowest BCUT2D eigenvalue weighted by Gasteiger charge is -2.34. The number of rotatable bonds is 4. The van der Waals surface area contributed by atoms with E-state index in [-0.39, 0.29) is 35.4 Å². The van der Waals surface area contributed by atoms with Gasteiger partial charge in [0.2, 0.25) is 5.91 Å². The maximum absolute atomic E-state index is 13.3. The summed E-state index contributed by atoms with van der Waals surface area (Å²) < 4.78 is 10.8. The highest BCUT2D eigenvalue weighted by Crippen LogP contribution is 2.44. The summed E-state index contributed by atoms with van der Waals surface area (Å²) in [5.74, 6) is 1.07. The zero-order chi connectivity index (χ0) is 23.0. The Balaban J connectivity index is 1.66. The van der Waals surface area contributed by atoms with Gasteiger partial charge in [-0.2, -0.15) is 0 Å². The van der Waals surface area contributed by atoms with Gasteiger partial charge >= 0.3 is 0 Å². The van der Waals surface area contributed by atoms with Crippen LogP contribution in [0.3, 0.4) is 0 Å². The fourth-order valence-corrected chi connectivity index (χ4v) is 4.81. The molecule has 5 nitrogen and oxygen atoms in total. The summed E-state index contributed by atoms with van der Waals surface area (Å²) in [6.07, 6.45) is 1.36. The van der Waals surface area contributed by atoms with E-state index in [1.165, 1.54) is 5.56 Å². The number of hydrogen-bond acceptors (Lipinski definition) is 4. The number of methoxy groups -OCH3 is 2. The summed E-state index contributed by atoms with van der Waals surface area (Å²) in [4.78, 5) is 25.9. The highest BCUT2D eigenvalue weighted by atomic mass is 16.5. The Labute approximate surface area is 189 Å². The smallest absolute Gasteiger partial charge is 0.225 e. The van der Waals surface area contributed by atoms with Crippen molar-refractivity contribution in [2.24, 2.45) is 0 Å². The standard InChI is InChI=1S/C27H31NO4/c1-27(2,3)19-9-6-16(7-10-19)18-12-21-26(22(29)13-18)20(15-25(30)28-21)17-8-11-23(31-4)24(14-17)32-5/h6-11,14,18,20H,12-13,15H2,1-5H3,(H,28,30). The number of ether oxygens (including phenoxy) is 2. The summed E-state index contributed by atoms with van der Waals surface area (Å²) >= 11 is 0. The van der Waals surface area contributed by atoms with E-state index in [0.717, 1.165) is 22.4 Å². The Bertz CT molecular complexity index is 1080. The van der Waals surface area contributed by atoms with Crippen molar-refractivity contribution >= 4 is 11.7 Å². The number of benzene rings is 2. The van der Waals surface area contributed by atoms with Crippen LogP contribution in [0.4, 0.5) is 0 Å². The molecule has 0 saturated carbocycles. The molecule has 1 aliphatic heterocycles. The minimum Gasteiger partial charge on any atom is -0.493 e. The second-order valence-corrected chi connectivity index (χ2v) is 9.71. The van der Waals surface area contributed by atoms with E-state index in [4.69, 9.17) is 9.47 Å². The third kappa shape index (κ3) is 4.16. The Kier molecular flexibility index (Phi) is 5.85. The van der Waals surface area contributed by atoms with Crippen LogP contribution >= 0.6 is 0 Å². The third-order valence-electron chi connectivity index (χ3n) is 6.59. The van der Waals surface area contributed by atoms with Crippen LogP contribution in [0.2, 0.25) is 0 Å². The zero-order valence-corrected chi connectivity index (χ0v) is 19.5. The second kappa shape index (κ2) is 8.45. The van der Waals surface area contributed by atoms with Crippen molar-refractivity contribution in [2.75, 3.05) is 14.2 Å². The van der Waals surface area contributed by atoms with E-state index in [1.807, 2.05) is 18.2 Å². The Morgan fingerprint density at radius 1 is 0.844 bits per heavy atom. The molecular formula is C27H31NO4. The van der Waals surface area contributed by atoms with E-state index in [9.17, 15) is 9.59 Å². The first kappa shape index (κ1) is 22.1. The molecule has 1 heterocycles. The molecule has 0 fully saturated rings. The predicted octanol–water partition coefficient (Wildman–Crippen LogP) is 5.01. The van der Waals surface area contributed by atoms with E-state index in [0.29, 0.717) is 24.3 Å². The normalized spacial score (nSPS) is 21.2. The summed E-state index contributed by atoms with van der Waals surface area (Å²) in [6.45, 7) is 6.57. The number of carbonyl (C=O) groups excluding carboxylic acids is 2. The number of amides is 1. The number of carbonyl (C=O) groups is 2. The largest absolute Gasteiger partial charge is 0.493 e. The Hall–Kier alpha value is -3.08. The maximum Gasteiger partial charge on any atom is 0.225 e. The first-order chi connectivity index (χ1) is 15.2. The van der Waals surface area contributed by atoms with Crippen LogP contribution in [0, 0.1) is 0 Å². The molecule has 2 aliphatic rings. The molecule has 32 heavy (non-hydrogen) atoms. The summed E-state index contributed by atoms with van der Waals surface area (Å²) in [7, 11) is 3.17. The monoisotopic (exact) mass is 433 g/mol. The van der Waals surface area contributed by atoms with Crippen molar-refractivity contribution < 1.29 is 19.1 Å². The molecule has 168 valence electrons. The zero-order valence-electron chi connectivity index (χ0n) is 19.5. The minimum atomic E-state index is -0.268. The average Bonchev–Trinajstić information content (AvgIpc) is 2.77. The van der Waals surface area contributed by atoms with Crippen molar-refractivity contribution in [3.63, 3.8) is 0 Å². The summed E-state index contributed by atoms with van der Waals surface area (Å²) in [5.41, 5.74) is 4.89. The van der Waals surface area contributed by atoms with E-state index in [1.54, 1.807) is 14.2 Å². The van der Waals surface area contributed by atoms with Gasteiger partial charge in [-0.1, -0.05) is 51.1 Å². The fraction of sp³-hybridized carbons (Fsp3) is 0.407. The molecule has 2 unspecified atom stereocenters. The molecular weight excluding hydrogens is 402 g/mol. The molecule has 1 amide bonds. The van der Waals surface area contributed by atoms with Gasteiger partial charge in [0.15, 0.2) is 17.3 Å². The van der Waals surface area contributed by atoms with Crippen LogP contribution in [0.5, 0.6) is 11.5 Å². The van der Waals surface area contributed by atoms with Crippen molar-refractivity contribution in [2.45, 2.75) is 57.3 Å². The van der Waals surface area contributed by atoms with Crippen molar-refractivity contribution in [3.8, 4) is 11.5 Å². The number of Topliss-reactive ketones (excluding diaryl/α,β-unsaturated/α-hetero) is 1. The van der Waals surface area contributed by atoms with Crippen LogP contribution in [0.1, 0.15) is 68.6 Å². The lowest BCUT2D eigenvalue weighted by molar-refractivity contribution is -0.122. The lowest BCUT2D eigenvalue weighted by atomic mass is 9.73. The maximum atomic E-state index is 13.3. The van der Waals surface area contributed by atoms with Gasteiger partial charge in [-0.25, -0.2) is 0 Å². The highest BCUT2D eigenvalue weighted by molar-refractivity contribution is 6.02. The van der Waals surface area contributed by atoms with Crippen LogP contribution in [-0.2, 0) is 15.0 Å². The van der Waals surface area contributed by atoms with E-state index in [2.05, 4.69) is 50.4 Å². The molecule has 0 bridgehead atoms. The average molecular weight is 434 g/mol. The highest BCUT2D eigenvalue weighted by Gasteiger charge is 2.38. The fourth-order valence-electron chi connectivity index (χ4n) is 4.81. The van der Waals surface area contributed by atoms with E-state index < -0.39 is 0 Å². The molecule has 2 aromatic rings. The van der Waals surface area contributed by atoms with Crippen molar-refractivity contribution in [1.82, 2.24) is 5.32 Å². The molecule has 0 radical (unpaired) electrons. The van der Waals surface area contributed by atoms with Gasteiger partial charge in [-0.15, -0.1) is 0 Å². The van der Waals surface area contributed by atoms with Gasteiger partial charge < -0.3 is 14.8 Å². The third-order valence-corrected chi connectivity index (χ3v) is 6.59. The predicted molar refractivity (Wildman–Crippen MR) is 124 cm³/mol. The number of nitrogens with one attached hydrogen (secondary N) is 1. The summed E-state index contributed by atoms with van der Waals surface area (Å²) in [6, 6.07) is 14.2. The van der Waals surface area contributed by atoms with Crippen molar-refractivity contribution in [1.29, 1.82) is 0 Å². The molecule has 1 N–H and O–H groups in total. The molecule has 2 aromatic carbocycles. The molecule has 2 atom stereocenters. The van der Waals surface area contributed by atoms with Crippen LogP contribution in [0.25, 0.3) is 0 Å². The van der Waals surface area contributed by atoms with Gasteiger partial charge in [0.1, 0.15) is 0 Å². The molecule has 5 heteroatoms. The van der Waals surface area contributed by atoms with Gasteiger partial charge in [0.05, 0.1) is 14.2 Å². The van der Waals surface area contributed by atoms with Crippen LogP contribution < -0.4 is 14.8 Å². The molecule has 0 spiro atoms. The lowest BCUT2D eigenvalue weighted by Crippen LogP contribution is -2.38. The molecule has 4 rings (SSSR count). The summed E-state index contributed by atoms with van der Waals surface area (Å²) in [5, 5.41) is 3.00. The molecule has 1 aliphatic carbocycles.